The molecule has 2 N–H and O–H groups in total. The average Bonchev–Trinajstić information content (AvgIpc) is 2.91. The first-order valence-electron chi connectivity index (χ1n) is 11.2. The minimum atomic E-state index is -0.271. The van der Waals surface area contributed by atoms with E-state index in [-0.39, 0.29) is 22.9 Å². The van der Waals surface area contributed by atoms with Crippen LogP contribution >= 0.6 is 0 Å². The molecule has 0 unspecified atom stereocenters. The molecule has 34 heavy (non-hydrogen) atoms. The highest BCUT2D eigenvalue weighted by atomic mass is 19.1. The zero-order valence-corrected chi connectivity index (χ0v) is 20.4. The molecule has 0 amide bonds. The van der Waals surface area contributed by atoms with Gasteiger partial charge in [-0.05, 0) is 85.3 Å². The fraction of sp³-hybridized carbons (Fsp3) is 0.241. The monoisotopic (exact) mass is 460 g/mol. The van der Waals surface area contributed by atoms with Crippen molar-refractivity contribution in [2.24, 2.45) is 12.0 Å². The molecule has 1 aliphatic rings. The van der Waals surface area contributed by atoms with E-state index in [0.29, 0.717) is 0 Å². The predicted molar refractivity (Wildman–Crippen MR) is 140 cm³/mol. The summed E-state index contributed by atoms with van der Waals surface area (Å²) in [6.07, 6.45) is 8.15. The first-order chi connectivity index (χ1) is 15.9. The second-order valence-corrected chi connectivity index (χ2v) is 8.16. The maximum absolute atomic E-state index is 13.6. The minimum Gasteiger partial charge on any atom is -0.412 e. The van der Waals surface area contributed by atoms with Crippen LogP contribution in [0.2, 0.25) is 0 Å². The highest BCUT2D eigenvalue weighted by molar-refractivity contribution is 6.17. The van der Waals surface area contributed by atoms with Crippen molar-refractivity contribution in [2.45, 2.75) is 39.7 Å². The highest BCUT2D eigenvalue weighted by Gasteiger charge is 2.24. The van der Waals surface area contributed by atoms with Crippen molar-refractivity contribution in [3.05, 3.63) is 118 Å². The molecule has 3 aromatic rings. The average molecular weight is 461 g/mol. The highest BCUT2D eigenvalue weighted by Crippen LogP contribution is 2.38. The van der Waals surface area contributed by atoms with E-state index >= 15 is 0 Å². The molecule has 2 aromatic carbocycles. The van der Waals surface area contributed by atoms with Crippen LogP contribution in [-0.4, -0.2) is 15.8 Å². The molecule has 0 saturated carbocycles. The summed E-state index contributed by atoms with van der Waals surface area (Å²) in [7, 11) is 1.78. The lowest BCUT2D eigenvalue weighted by Gasteiger charge is -2.16. The largest absolute Gasteiger partial charge is 0.412 e. The maximum Gasteiger partial charge on any atom is 0.250 e. The third-order valence-electron chi connectivity index (χ3n) is 5.91. The molecule has 0 spiro atoms. The number of hydrogen-bond donors (Lipinski definition) is 0. The normalized spacial score (nSPS) is 14.1. The Labute approximate surface area is 201 Å². The predicted octanol–water partition coefficient (Wildman–Crippen LogP) is 5.90. The lowest BCUT2D eigenvalue weighted by molar-refractivity contribution is 0.628. The fourth-order valence-electron chi connectivity index (χ4n) is 4.15. The van der Waals surface area contributed by atoms with Gasteiger partial charge < -0.3 is 10.0 Å². The van der Waals surface area contributed by atoms with Gasteiger partial charge >= 0.3 is 0 Å². The van der Waals surface area contributed by atoms with E-state index in [1.165, 1.54) is 23.3 Å². The molecule has 1 atom stereocenters. The van der Waals surface area contributed by atoms with Gasteiger partial charge in [-0.3, -0.25) is 9.79 Å². The fourth-order valence-corrected chi connectivity index (χ4v) is 4.15. The minimum absolute atomic E-state index is 0. The number of fused-ring (bicyclic) bond motifs is 3. The second kappa shape index (κ2) is 11.5. The number of allylic oxidation sites excluding steroid dienone is 2. The number of nitrogens with zero attached hydrogens (tertiary/aromatic N) is 2. The second-order valence-electron chi connectivity index (χ2n) is 8.16. The first-order valence-corrected chi connectivity index (χ1v) is 11.2. The maximum atomic E-state index is 13.6. The summed E-state index contributed by atoms with van der Waals surface area (Å²) in [6.45, 7) is 12.3. The summed E-state index contributed by atoms with van der Waals surface area (Å²) in [6, 6.07) is 12.4. The van der Waals surface area contributed by atoms with Crippen molar-refractivity contribution < 1.29 is 9.87 Å². The van der Waals surface area contributed by atoms with Crippen molar-refractivity contribution in [3.8, 4) is 11.1 Å². The van der Waals surface area contributed by atoms with Crippen LogP contribution in [0.3, 0.4) is 0 Å². The molecule has 2 heterocycles. The Morgan fingerprint density at radius 3 is 2.38 bits per heavy atom. The van der Waals surface area contributed by atoms with E-state index in [9.17, 15) is 9.18 Å². The molecule has 178 valence electrons. The summed E-state index contributed by atoms with van der Waals surface area (Å²) >= 11 is 0. The van der Waals surface area contributed by atoms with Crippen LogP contribution in [0.15, 0.2) is 83.8 Å². The first kappa shape index (κ1) is 26.7. The van der Waals surface area contributed by atoms with E-state index in [1.54, 1.807) is 29.8 Å². The zero-order chi connectivity index (χ0) is 24.1. The van der Waals surface area contributed by atoms with Gasteiger partial charge in [-0.2, -0.15) is 0 Å². The summed E-state index contributed by atoms with van der Waals surface area (Å²) in [5.74, 6) is -0.271. The topological polar surface area (TPSA) is 65.9 Å². The van der Waals surface area contributed by atoms with Crippen LogP contribution in [0.1, 0.15) is 54.1 Å². The Bertz CT molecular complexity index is 1270. The van der Waals surface area contributed by atoms with Crippen molar-refractivity contribution in [2.75, 3.05) is 0 Å². The standard InChI is InChI=1S/C27H27FN2O.C2H4.H2O/c1-5-6-7-8-20-14-23-24(13-17(20)2)27(19-9-11-21(28)12-10-19)29-18(3)22-15-26(31)30(4)16-25(22)23;1-2;/h6-7,9-16,18H,5,8H2,1-4H3;1-2H2;1H2/t18-;;/m0../s1. The number of halogens is 1. The number of rotatable bonds is 4. The molecular weight excluding hydrogens is 427 g/mol. The molecule has 0 saturated heterocycles. The molecule has 0 radical (unpaired) electrons. The number of aromatic nitrogens is 1. The lowest BCUT2D eigenvalue weighted by atomic mass is 9.88. The van der Waals surface area contributed by atoms with Crippen LogP contribution in [0.5, 0.6) is 0 Å². The molecule has 5 heteroatoms. The van der Waals surface area contributed by atoms with Gasteiger partial charge in [0.2, 0.25) is 0 Å². The summed E-state index contributed by atoms with van der Waals surface area (Å²) in [5, 5.41) is 0. The van der Waals surface area contributed by atoms with Gasteiger partial charge in [0.05, 0.1) is 11.8 Å². The molecule has 1 aliphatic heterocycles. The molecule has 4 rings (SSSR count). The van der Waals surface area contributed by atoms with Gasteiger partial charge in [0.1, 0.15) is 5.82 Å². The van der Waals surface area contributed by atoms with E-state index in [0.717, 1.165) is 46.4 Å². The van der Waals surface area contributed by atoms with Crippen LogP contribution in [0.4, 0.5) is 4.39 Å². The Morgan fingerprint density at radius 2 is 1.74 bits per heavy atom. The number of pyridine rings is 1. The van der Waals surface area contributed by atoms with Crippen molar-refractivity contribution in [1.82, 2.24) is 4.57 Å². The van der Waals surface area contributed by atoms with Crippen molar-refractivity contribution in [3.63, 3.8) is 0 Å². The number of aliphatic imine (C=N–C) groups is 1. The van der Waals surface area contributed by atoms with Gasteiger partial charge in [-0.15, -0.1) is 13.2 Å². The van der Waals surface area contributed by atoms with Gasteiger partial charge in [0, 0.05) is 36.0 Å². The smallest absolute Gasteiger partial charge is 0.250 e. The zero-order valence-electron chi connectivity index (χ0n) is 20.4. The molecule has 0 fully saturated rings. The van der Waals surface area contributed by atoms with Gasteiger partial charge in [0.25, 0.3) is 5.56 Å². The Kier molecular flexibility index (Phi) is 9.04. The molecule has 1 aromatic heterocycles. The quantitative estimate of drug-likeness (QED) is 0.447. The molecule has 4 nitrogen and oxygen atoms in total. The van der Waals surface area contributed by atoms with Gasteiger partial charge in [-0.1, -0.05) is 19.1 Å². The molecule has 0 bridgehead atoms. The van der Waals surface area contributed by atoms with Crippen LogP contribution in [0.25, 0.3) is 11.1 Å². The van der Waals surface area contributed by atoms with E-state index in [4.69, 9.17) is 4.99 Å². The van der Waals surface area contributed by atoms with E-state index in [1.807, 2.05) is 13.1 Å². The lowest BCUT2D eigenvalue weighted by Crippen LogP contribution is -2.17. The molecule has 0 aliphatic carbocycles. The Balaban J connectivity index is 0.00000133. The Morgan fingerprint density at radius 1 is 1.06 bits per heavy atom. The third kappa shape index (κ3) is 5.32. The van der Waals surface area contributed by atoms with Gasteiger partial charge in [0.15, 0.2) is 0 Å². The molecular formula is C29H33FN2O2. The summed E-state index contributed by atoms with van der Waals surface area (Å²) < 4.78 is 15.2. The number of hydrogen-bond acceptors (Lipinski definition) is 2. The summed E-state index contributed by atoms with van der Waals surface area (Å²) in [5.41, 5.74) is 8.09. The van der Waals surface area contributed by atoms with E-state index in [2.05, 4.69) is 51.3 Å². The van der Waals surface area contributed by atoms with Crippen LogP contribution < -0.4 is 5.56 Å². The van der Waals surface area contributed by atoms with Crippen molar-refractivity contribution >= 4 is 5.71 Å². The van der Waals surface area contributed by atoms with E-state index < -0.39 is 0 Å². The number of aryl methyl sites for hydroxylation is 2. The number of benzene rings is 2. The SMILES string of the molecule is C=C.CCC=CCc1cc2c(cc1C)C(c1ccc(F)cc1)=N[C@@H](C)c1cc(=O)n(C)cc1-2.O. The van der Waals surface area contributed by atoms with Crippen LogP contribution in [0, 0.1) is 12.7 Å². The summed E-state index contributed by atoms with van der Waals surface area (Å²) in [4.78, 5) is 17.4. The van der Waals surface area contributed by atoms with Crippen LogP contribution in [-0.2, 0) is 13.5 Å². The van der Waals surface area contributed by atoms with Crippen molar-refractivity contribution in [1.29, 1.82) is 0 Å². The van der Waals surface area contributed by atoms with Gasteiger partial charge in [-0.25, -0.2) is 4.39 Å². The third-order valence-corrected chi connectivity index (χ3v) is 5.91. The Hall–Kier alpha value is -3.57.